The van der Waals surface area contributed by atoms with E-state index in [0.29, 0.717) is 11.1 Å². The van der Waals surface area contributed by atoms with E-state index >= 15 is 0 Å². The number of carbonyl (C=O) groups is 1. The molecule has 0 saturated heterocycles. The van der Waals surface area contributed by atoms with Gasteiger partial charge in [-0.25, -0.2) is 0 Å². The second-order valence-electron chi connectivity index (χ2n) is 4.46. The molecule has 2 aromatic rings. The number of aliphatic hydroxyl groups is 1. The third-order valence-corrected chi connectivity index (χ3v) is 2.95. The number of aromatic nitrogens is 1. The Labute approximate surface area is 123 Å². The van der Waals surface area contributed by atoms with Crippen LogP contribution in [0.1, 0.15) is 34.6 Å². The van der Waals surface area contributed by atoms with Gasteiger partial charge in [-0.2, -0.15) is 0 Å². The third-order valence-electron chi connectivity index (χ3n) is 2.95. The molecule has 106 valence electrons. The van der Waals surface area contributed by atoms with Crippen molar-refractivity contribution in [2.75, 3.05) is 6.61 Å². The van der Waals surface area contributed by atoms with Crippen LogP contribution in [0, 0.1) is 11.8 Å². The first kappa shape index (κ1) is 14.8. The van der Waals surface area contributed by atoms with Crippen LogP contribution in [0.3, 0.4) is 0 Å². The van der Waals surface area contributed by atoms with E-state index in [1.54, 1.807) is 30.5 Å². The van der Waals surface area contributed by atoms with E-state index < -0.39 is 0 Å². The van der Waals surface area contributed by atoms with Crippen LogP contribution in [0.15, 0.2) is 48.7 Å². The summed E-state index contributed by atoms with van der Waals surface area (Å²) in [6, 6.07) is 12.4. The highest BCUT2D eigenvalue weighted by molar-refractivity contribution is 5.96. The Morgan fingerprint density at radius 3 is 2.76 bits per heavy atom. The second kappa shape index (κ2) is 7.22. The molecule has 0 saturated carbocycles. The zero-order valence-corrected chi connectivity index (χ0v) is 11.7. The molecule has 4 heteroatoms. The first-order valence-electron chi connectivity index (χ1n) is 6.63. The summed E-state index contributed by atoms with van der Waals surface area (Å²) >= 11 is 0. The number of carbonyl (C=O) groups excluding carboxylic acids is 1. The number of hydrogen-bond donors (Lipinski definition) is 2. The van der Waals surface area contributed by atoms with Gasteiger partial charge in [0.15, 0.2) is 0 Å². The summed E-state index contributed by atoms with van der Waals surface area (Å²) in [6.07, 6.45) is 1.69. The van der Waals surface area contributed by atoms with E-state index in [2.05, 4.69) is 22.1 Å². The molecule has 0 radical (unpaired) electrons. The predicted molar refractivity (Wildman–Crippen MR) is 80.5 cm³/mol. The molecular formula is C17H16N2O2. The molecule has 1 atom stereocenters. The third kappa shape index (κ3) is 3.91. The van der Waals surface area contributed by atoms with Crippen LogP contribution in [0.2, 0.25) is 0 Å². The van der Waals surface area contributed by atoms with Crippen LogP contribution in [0.25, 0.3) is 0 Å². The number of pyridine rings is 1. The van der Waals surface area contributed by atoms with Crippen LogP contribution in [-0.4, -0.2) is 22.6 Å². The van der Waals surface area contributed by atoms with Crippen molar-refractivity contribution in [1.82, 2.24) is 10.3 Å². The lowest BCUT2D eigenvalue weighted by Crippen LogP contribution is -2.27. The number of nitrogens with zero attached hydrogens (tertiary/aromatic N) is 1. The number of aliphatic hydroxyl groups excluding tert-OH is 1. The maximum atomic E-state index is 12.3. The largest absolute Gasteiger partial charge is 0.384 e. The number of benzene rings is 1. The summed E-state index contributed by atoms with van der Waals surface area (Å²) in [5.41, 5.74) is 1.88. The first-order chi connectivity index (χ1) is 10.2. The molecule has 21 heavy (non-hydrogen) atoms. The van der Waals surface area contributed by atoms with Crippen molar-refractivity contribution in [1.29, 1.82) is 0 Å². The molecule has 1 unspecified atom stereocenters. The molecule has 0 aliphatic rings. The van der Waals surface area contributed by atoms with Crippen molar-refractivity contribution in [2.45, 2.75) is 13.0 Å². The molecule has 1 amide bonds. The lowest BCUT2D eigenvalue weighted by Gasteiger charge is -2.14. The molecule has 1 aromatic carbocycles. The highest BCUT2D eigenvalue weighted by atomic mass is 16.2. The lowest BCUT2D eigenvalue weighted by atomic mass is 10.1. The summed E-state index contributed by atoms with van der Waals surface area (Å²) in [5, 5.41) is 11.7. The Hall–Kier alpha value is -2.64. The van der Waals surface area contributed by atoms with Gasteiger partial charge in [0.05, 0.1) is 17.3 Å². The topological polar surface area (TPSA) is 62.2 Å². The number of hydrogen-bond acceptors (Lipinski definition) is 3. The standard InChI is InChI=1S/C17H16N2O2/c1-13(16-10-4-5-11-18-16)19-17(21)15-9-3-2-7-14(15)8-6-12-20/h2-5,7,9-11,13,20H,12H2,1H3,(H,19,21). The van der Waals surface area contributed by atoms with Crippen LogP contribution in [0.4, 0.5) is 0 Å². The van der Waals surface area contributed by atoms with E-state index in [0.717, 1.165) is 5.69 Å². The van der Waals surface area contributed by atoms with Gasteiger partial charge in [0, 0.05) is 11.8 Å². The summed E-state index contributed by atoms with van der Waals surface area (Å²) in [6.45, 7) is 1.64. The molecule has 0 fully saturated rings. The van der Waals surface area contributed by atoms with Gasteiger partial charge in [-0.05, 0) is 31.2 Å². The Morgan fingerprint density at radius 2 is 2.05 bits per heavy atom. The minimum Gasteiger partial charge on any atom is -0.384 e. The minimum atomic E-state index is -0.236. The molecule has 1 heterocycles. The molecule has 4 nitrogen and oxygen atoms in total. The minimum absolute atomic E-state index is 0.197. The van der Waals surface area contributed by atoms with Crippen LogP contribution < -0.4 is 5.32 Å². The van der Waals surface area contributed by atoms with Crippen LogP contribution >= 0.6 is 0 Å². The van der Waals surface area contributed by atoms with E-state index in [9.17, 15) is 4.79 Å². The number of rotatable bonds is 3. The molecule has 0 bridgehead atoms. The van der Waals surface area contributed by atoms with Crippen molar-refractivity contribution in [3.05, 3.63) is 65.5 Å². The maximum absolute atomic E-state index is 12.3. The van der Waals surface area contributed by atoms with Crippen molar-refractivity contribution >= 4 is 5.91 Å². The summed E-state index contributed by atoms with van der Waals surface area (Å²) in [5.74, 6) is 5.13. The van der Waals surface area contributed by atoms with E-state index in [1.807, 2.05) is 25.1 Å². The van der Waals surface area contributed by atoms with Crippen molar-refractivity contribution in [3.8, 4) is 11.8 Å². The van der Waals surface area contributed by atoms with Crippen LogP contribution in [-0.2, 0) is 0 Å². The molecule has 2 N–H and O–H groups in total. The van der Waals surface area contributed by atoms with Gasteiger partial charge in [-0.15, -0.1) is 0 Å². The number of nitrogens with one attached hydrogen (secondary N) is 1. The van der Waals surface area contributed by atoms with Gasteiger partial charge >= 0.3 is 0 Å². The van der Waals surface area contributed by atoms with Gasteiger partial charge < -0.3 is 10.4 Å². The zero-order valence-electron chi connectivity index (χ0n) is 11.7. The average Bonchev–Trinajstić information content (AvgIpc) is 2.54. The summed E-state index contributed by atoms with van der Waals surface area (Å²) in [4.78, 5) is 16.6. The van der Waals surface area contributed by atoms with E-state index in [-0.39, 0.29) is 18.6 Å². The van der Waals surface area contributed by atoms with Gasteiger partial charge in [0.2, 0.25) is 0 Å². The van der Waals surface area contributed by atoms with Crippen LogP contribution in [0.5, 0.6) is 0 Å². The molecule has 0 aliphatic heterocycles. The normalized spacial score (nSPS) is 11.1. The Balaban J connectivity index is 2.17. The fourth-order valence-electron chi connectivity index (χ4n) is 1.91. The van der Waals surface area contributed by atoms with E-state index in [4.69, 9.17) is 5.11 Å². The number of amides is 1. The zero-order chi connectivity index (χ0) is 15.1. The van der Waals surface area contributed by atoms with Gasteiger partial charge in [0.1, 0.15) is 6.61 Å². The smallest absolute Gasteiger partial charge is 0.253 e. The summed E-state index contributed by atoms with van der Waals surface area (Å²) in [7, 11) is 0. The molecule has 2 rings (SSSR count). The highest BCUT2D eigenvalue weighted by Gasteiger charge is 2.14. The van der Waals surface area contributed by atoms with Crippen molar-refractivity contribution in [3.63, 3.8) is 0 Å². The molecule has 0 spiro atoms. The highest BCUT2D eigenvalue weighted by Crippen LogP contribution is 2.12. The van der Waals surface area contributed by atoms with Crippen molar-refractivity contribution < 1.29 is 9.90 Å². The fourth-order valence-corrected chi connectivity index (χ4v) is 1.91. The predicted octanol–water partition coefficient (Wildman–Crippen LogP) is 1.92. The lowest BCUT2D eigenvalue weighted by molar-refractivity contribution is 0.0939. The maximum Gasteiger partial charge on any atom is 0.253 e. The fraction of sp³-hybridized carbons (Fsp3) is 0.176. The van der Waals surface area contributed by atoms with Crippen molar-refractivity contribution in [2.24, 2.45) is 0 Å². The quantitative estimate of drug-likeness (QED) is 0.844. The molecular weight excluding hydrogens is 264 g/mol. The molecule has 1 aromatic heterocycles. The SMILES string of the molecule is CC(NC(=O)c1ccccc1C#CCO)c1ccccn1. The Kier molecular flexibility index (Phi) is 5.08. The van der Waals surface area contributed by atoms with Gasteiger partial charge in [0.25, 0.3) is 5.91 Å². The second-order valence-corrected chi connectivity index (χ2v) is 4.46. The van der Waals surface area contributed by atoms with E-state index in [1.165, 1.54) is 0 Å². The molecule has 0 aliphatic carbocycles. The Morgan fingerprint density at radius 1 is 1.29 bits per heavy atom. The summed E-state index contributed by atoms with van der Waals surface area (Å²) < 4.78 is 0. The van der Waals surface area contributed by atoms with Gasteiger partial charge in [-0.3, -0.25) is 9.78 Å². The monoisotopic (exact) mass is 280 g/mol. The average molecular weight is 280 g/mol. The Bertz CT molecular complexity index is 672. The van der Waals surface area contributed by atoms with Gasteiger partial charge in [-0.1, -0.05) is 30.0 Å². The first-order valence-corrected chi connectivity index (χ1v) is 6.63.